The highest BCUT2D eigenvalue weighted by Crippen LogP contribution is 2.33. The Morgan fingerprint density at radius 3 is 3.00 bits per heavy atom. The van der Waals surface area contributed by atoms with Crippen molar-refractivity contribution in [3.05, 3.63) is 29.8 Å². The van der Waals surface area contributed by atoms with Crippen molar-refractivity contribution >= 4 is 34.0 Å². The smallest absolute Gasteiger partial charge is 0.280 e. The van der Waals surface area contributed by atoms with E-state index in [0.29, 0.717) is 16.6 Å². The molecule has 7 nitrogen and oxygen atoms in total. The zero-order valence-electron chi connectivity index (χ0n) is 10.4. The van der Waals surface area contributed by atoms with E-state index in [9.17, 15) is 9.59 Å². The average molecular weight is 290 g/mol. The number of amides is 2. The van der Waals surface area contributed by atoms with Crippen LogP contribution in [0.15, 0.2) is 29.8 Å². The maximum Gasteiger partial charge on any atom is 0.280 e. The number of anilines is 2. The van der Waals surface area contributed by atoms with Gasteiger partial charge >= 0.3 is 0 Å². The minimum Gasteiger partial charge on any atom is -0.466 e. The molecule has 8 heteroatoms. The SMILES string of the molecule is CC1(C(=O)Nc2nncs2)Oc2ccccc2NC1=O. The summed E-state index contributed by atoms with van der Waals surface area (Å²) in [5.74, 6) is -0.679. The molecule has 1 aliphatic rings. The number of aromatic nitrogens is 2. The quantitative estimate of drug-likeness (QED) is 0.812. The number of hydrogen-bond acceptors (Lipinski definition) is 6. The van der Waals surface area contributed by atoms with E-state index in [2.05, 4.69) is 20.8 Å². The van der Waals surface area contributed by atoms with Crippen molar-refractivity contribution in [1.29, 1.82) is 0 Å². The van der Waals surface area contributed by atoms with Crippen LogP contribution in [0, 0.1) is 0 Å². The van der Waals surface area contributed by atoms with Crippen molar-refractivity contribution in [3.63, 3.8) is 0 Å². The number of ether oxygens (including phenoxy) is 1. The first-order chi connectivity index (χ1) is 9.59. The maximum atomic E-state index is 12.2. The summed E-state index contributed by atoms with van der Waals surface area (Å²) in [5.41, 5.74) is 0.369. The predicted molar refractivity (Wildman–Crippen MR) is 72.6 cm³/mol. The molecule has 0 spiro atoms. The molecule has 2 N–H and O–H groups in total. The minimum absolute atomic E-state index is 0.312. The third-order valence-electron chi connectivity index (χ3n) is 2.90. The Kier molecular flexibility index (Phi) is 2.87. The lowest BCUT2D eigenvalue weighted by atomic mass is 10.0. The third-order valence-corrected chi connectivity index (χ3v) is 3.50. The summed E-state index contributed by atoms with van der Waals surface area (Å²) in [6.45, 7) is 1.41. The Hall–Kier alpha value is -2.48. The maximum absolute atomic E-state index is 12.2. The summed E-state index contributed by atoms with van der Waals surface area (Å²) in [4.78, 5) is 24.4. The number of fused-ring (bicyclic) bond motifs is 1. The Labute approximate surface area is 118 Å². The molecular formula is C12H10N4O3S. The number of nitrogens with zero attached hydrogens (tertiary/aromatic N) is 2. The fraction of sp³-hybridized carbons (Fsp3) is 0.167. The van der Waals surface area contributed by atoms with Gasteiger partial charge in [0.25, 0.3) is 17.4 Å². The topological polar surface area (TPSA) is 93.2 Å². The Bertz CT molecular complexity index is 673. The van der Waals surface area contributed by atoms with Gasteiger partial charge in [0.15, 0.2) is 0 Å². The van der Waals surface area contributed by atoms with E-state index in [0.717, 1.165) is 11.3 Å². The van der Waals surface area contributed by atoms with E-state index in [1.54, 1.807) is 24.3 Å². The van der Waals surface area contributed by atoms with Crippen LogP contribution >= 0.6 is 11.3 Å². The Morgan fingerprint density at radius 2 is 2.25 bits per heavy atom. The molecule has 20 heavy (non-hydrogen) atoms. The monoisotopic (exact) mass is 290 g/mol. The fourth-order valence-corrected chi connectivity index (χ4v) is 2.20. The summed E-state index contributed by atoms with van der Waals surface area (Å²) < 4.78 is 5.57. The molecular weight excluding hydrogens is 280 g/mol. The molecule has 1 atom stereocenters. The van der Waals surface area contributed by atoms with Crippen LogP contribution in [0.1, 0.15) is 6.92 Å². The lowest BCUT2D eigenvalue weighted by Gasteiger charge is -2.32. The highest BCUT2D eigenvalue weighted by Gasteiger charge is 2.47. The van der Waals surface area contributed by atoms with Crippen molar-refractivity contribution in [2.24, 2.45) is 0 Å². The first kappa shape index (κ1) is 12.5. The predicted octanol–water partition coefficient (Wildman–Crippen LogP) is 1.27. The first-order valence-corrected chi connectivity index (χ1v) is 6.65. The summed E-state index contributed by atoms with van der Waals surface area (Å²) in [6, 6.07) is 6.92. The summed E-state index contributed by atoms with van der Waals surface area (Å²) in [5, 5.41) is 12.8. The van der Waals surface area contributed by atoms with Crippen LogP contribution in [0.5, 0.6) is 5.75 Å². The van der Waals surface area contributed by atoms with E-state index >= 15 is 0 Å². The highest BCUT2D eigenvalue weighted by molar-refractivity contribution is 7.13. The molecule has 1 aromatic carbocycles. The van der Waals surface area contributed by atoms with Crippen molar-refractivity contribution in [1.82, 2.24) is 10.2 Å². The van der Waals surface area contributed by atoms with Gasteiger partial charge in [-0.05, 0) is 19.1 Å². The fourth-order valence-electron chi connectivity index (χ4n) is 1.76. The largest absolute Gasteiger partial charge is 0.466 e. The number of hydrogen-bond donors (Lipinski definition) is 2. The molecule has 102 valence electrons. The van der Waals surface area contributed by atoms with Gasteiger partial charge in [0.1, 0.15) is 11.3 Å². The lowest BCUT2D eigenvalue weighted by Crippen LogP contribution is -2.56. The second kappa shape index (κ2) is 4.57. The minimum atomic E-state index is -1.65. The van der Waals surface area contributed by atoms with Gasteiger partial charge in [-0.2, -0.15) is 0 Å². The van der Waals surface area contributed by atoms with Crippen molar-refractivity contribution in [2.45, 2.75) is 12.5 Å². The van der Waals surface area contributed by atoms with E-state index in [-0.39, 0.29) is 0 Å². The van der Waals surface area contributed by atoms with Gasteiger partial charge in [0.2, 0.25) is 5.13 Å². The van der Waals surface area contributed by atoms with Gasteiger partial charge in [0, 0.05) is 0 Å². The molecule has 0 fully saturated rings. The van der Waals surface area contributed by atoms with Crippen LogP contribution in [0.25, 0.3) is 0 Å². The molecule has 0 saturated carbocycles. The number of rotatable bonds is 2. The van der Waals surface area contributed by atoms with Crippen molar-refractivity contribution in [2.75, 3.05) is 10.6 Å². The molecule has 2 aromatic rings. The molecule has 0 aliphatic carbocycles. The van der Waals surface area contributed by atoms with E-state index in [1.165, 1.54) is 12.4 Å². The van der Waals surface area contributed by atoms with E-state index < -0.39 is 17.4 Å². The molecule has 1 aliphatic heterocycles. The van der Waals surface area contributed by atoms with Crippen LogP contribution < -0.4 is 15.4 Å². The van der Waals surface area contributed by atoms with Gasteiger partial charge < -0.3 is 10.1 Å². The summed E-state index contributed by atoms with van der Waals surface area (Å²) >= 11 is 1.16. The number of carbonyl (C=O) groups excluding carboxylic acids is 2. The van der Waals surface area contributed by atoms with Crippen LogP contribution in [0.4, 0.5) is 10.8 Å². The second-order valence-electron chi connectivity index (χ2n) is 4.28. The van der Waals surface area contributed by atoms with E-state index in [1.807, 2.05) is 0 Å². The molecule has 3 rings (SSSR count). The molecule has 0 saturated heterocycles. The first-order valence-electron chi connectivity index (χ1n) is 5.77. The highest BCUT2D eigenvalue weighted by atomic mass is 32.1. The number of benzene rings is 1. The van der Waals surface area contributed by atoms with Gasteiger partial charge in [0.05, 0.1) is 5.69 Å². The lowest BCUT2D eigenvalue weighted by molar-refractivity contribution is -0.143. The van der Waals surface area contributed by atoms with Gasteiger partial charge in [-0.1, -0.05) is 23.5 Å². The zero-order chi connectivity index (χ0) is 14.2. The zero-order valence-corrected chi connectivity index (χ0v) is 11.2. The molecule has 2 heterocycles. The number of nitrogens with one attached hydrogen (secondary N) is 2. The molecule has 1 unspecified atom stereocenters. The Morgan fingerprint density at radius 1 is 1.45 bits per heavy atom. The Balaban J connectivity index is 1.88. The van der Waals surface area contributed by atoms with Gasteiger partial charge in [-0.3, -0.25) is 14.9 Å². The normalized spacial score (nSPS) is 20.6. The standard InChI is InChI=1S/C12H10N4O3S/c1-12(10(18)15-11-16-13-6-20-11)9(17)14-7-4-2-3-5-8(7)19-12/h2-6H,1H3,(H,14,17)(H,15,16,18). The number of para-hydroxylation sites is 2. The molecule has 2 amide bonds. The van der Waals surface area contributed by atoms with Gasteiger partial charge in [-0.15, -0.1) is 10.2 Å². The molecule has 1 aromatic heterocycles. The second-order valence-corrected chi connectivity index (χ2v) is 5.12. The van der Waals surface area contributed by atoms with Crippen LogP contribution in [-0.4, -0.2) is 27.6 Å². The van der Waals surface area contributed by atoms with Gasteiger partial charge in [-0.25, -0.2) is 0 Å². The van der Waals surface area contributed by atoms with E-state index in [4.69, 9.17) is 4.74 Å². The van der Waals surface area contributed by atoms with Crippen molar-refractivity contribution < 1.29 is 14.3 Å². The average Bonchev–Trinajstić information content (AvgIpc) is 2.93. The summed E-state index contributed by atoms with van der Waals surface area (Å²) in [7, 11) is 0. The molecule has 0 radical (unpaired) electrons. The van der Waals surface area contributed by atoms with Crippen LogP contribution in [0.2, 0.25) is 0 Å². The van der Waals surface area contributed by atoms with Crippen LogP contribution in [-0.2, 0) is 9.59 Å². The van der Waals surface area contributed by atoms with Crippen LogP contribution in [0.3, 0.4) is 0 Å². The third kappa shape index (κ3) is 1.99. The van der Waals surface area contributed by atoms with Crippen molar-refractivity contribution in [3.8, 4) is 5.75 Å². The number of carbonyl (C=O) groups is 2. The summed E-state index contributed by atoms with van der Waals surface area (Å²) in [6.07, 6.45) is 0. The molecule has 0 bridgehead atoms.